The number of fused-ring (bicyclic) bond motifs is 1. The van der Waals surface area contributed by atoms with Crippen LogP contribution in [0.4, 0.5) is 0 Å². The van der Waals surface area contributed by atoms with Crippen LogP contribution in [0.1, 0.15) is 97.5 Å². The van der Waals surface area contributed by atoms with Crippen molar-refractivity contribution in [3.63, 3.8) is 0 Å². The minimum absolute atomic E-state index is 0.00985. The molecule has 7 heteroatoms. The van der Waals surface area contributed by atoms with E-state index in [0.717, 1.165) is 22.2 Å². The number of rotatable bonds is 8. The van der Waals surface area contributed by atoms with Crippen molar-refractivity contribution in [3.8, 4) is 0 Å². The van der Waals surface area contributed by atoms with Gasteiger partial charge in [0.2, 0.25) is 5.91 Å². The first-order chi connectivity index (χ1) is 16.4. The van der Waals surface area contributed by atoms with Crippen molar-refractivity contribution in [1.82, 2.24) is 10.3 Å². The van der Waals surface area contributed by atoms with Crippen molar-refractivity contribution < 1.29 is 14.3 Å². The molecule has 0 aliphatic heterocycles. The molecule has 1 heterocycles. The zero-order valence-corrected chi connectivity index (χ0v) is 24.0. The molecule has 0 bridgehead atoms. The first kappa shape index (κ1) is 29.8. The number of nitrogens with one attached hydrogen (secondary N) is 2. The van der Waals surface area contributed by atoms with E-state index in [1.54, 1.807) is 0 Å². The summed E-state index contributed by atoms with van der Waals surface area (Å²) in [6.07, 6.45) is 1.35. The average Bonchev–Trinajstić information content (AvgIpc) is 3.12. The van der Waals surface area contributed by atoms with Gasteiger partial charge in [0.05, 0.1) is 13.2 Å². The molecule has 0 unspecified atom stereocenters. The maximum atomic E-state index is 13.1. The molecule has 2 rings (SSSR count). The van der Waals surface area contributed by atoms with Crippen molar-refractivity contribution in [2.75, 3.05) is 13.7 Å². The third-order valence-electron chi connectivity index (χ3n) is 6.69. The van der Waals surface area contributed by atoms with Gasteiger partial charge >= 0.3 is 5.97 Å². The number of amides is 1. The molecule has 2 atom stereocenters. The minimum Gasteiger partial charge on any atom is -0.467 e. The summed E-state index contributed by atoms with van der Waals surface area (Å²) in [5, 5.41) is 3.93. The lowest BCUT2D eigenvalue weighted by molar-refractivity contribution is -0.145. The van der Waals surface area contributed by atoms with Crippen LogP contribution < -0.4 is 16.8 Å². The number of ether oxygens (including phenoxy) is 1. The first-order valence-electron chi connectivity index (χ1n) is 13.0. The largest absolute Gasteiger partial charge is 0.467 e. The van der Waals surface area contributed by atoms with Crippen LogP contribution in [0, 0.1) is 0 Å². The van der Waals surface area contributed by atoms with Crippen LogP contribution >= 0.6 is 0 Å². The molecule has 1 aromatic carbocycles. The second kappa shape index (κ2) is 10.9. The number of aromatic nitrogens is 1. The highest BCUT2D eigenvalue weighted by molar-refractivity contribution is 5.92. The summed E-state index contributed by atoms with van der Waals surface area (Å²) in [5.41, 5.74) is 17.5. The Labute approximate surface area is 217 Å². The van der Waals surface area contributed by atoms with Crippen LogP contribution in [0.5, 0.6) is 0 Å². The Hall–Kier alpha value is -2.38. The fourth-order valence-corrected chi connectivity index (χ4v) is 4.57. The molecule has 2 aromatic rings. The molecule has 0 saturated heterocycles. The molecule has 202 valence electrons. The molecule has 36 heavy (non-hydrogen) atoms. The molecule has 1 amide bonds. The van der Waals surface area contributed by atoms with Crippen LogP contribution in [-0.4, -0.2) is 42.6 Å². The van der Waals surface area contributed by atoms with Crippen LogP contribution in [0.3, 0.4) is 0 Å². The van der Waals surface area contributed by atoms with Crippen LogP contribution in [-0.2, 0) is 37.0 Å². The molecular formula is C29H48N4O3. The number of aromatic amines is 1. The van der Waals surface area contributed by atoms with Gasteiger partial charge in [0.1, 0.15) is 6.04 Å². The molecule has 0 aliphatic carbocycles. The Balaban J connectivity index is 2.60. The predicted octanol–water partition coefficient (Wildman–Crippen LogP) is 4.33. The molecule has 1 aromatic heterocycles. The molecule has 0 radical (unpaired) electrons. The fraction of sp³-hybridized carbons (Fsp3) is 0.655. The summed E-state index contributed by atoms with van der Waals surface area (Å²) >= 11 is 0. The number of hydrogen-bond donors (Lipinski definition) is 4. The Kier molecular flexibility index (Phi) is 9.06. The number of carbonyl (C=O) groups excluding carboxylic acids is 2. The smallest absolute Gasteiger partial charge is 0.328 e. The van der Waals surface area contributed by atoms with Crippen molar-refractivity contribution in [3.05, 3.63) is 34.5 Å². The van der Waals surface area contributed by atoms with Crippen molar-refractivity contribution >= 4 is 22.8 Å². The lowest BCUT2D eigenvalue weighted by Crippen LogP contribution is -2.49. The van der Waals surface area contributed by atoms with E-state index in [1.165, 1.54) is 18.2 Å². The second-order valence-electron chi connectivity index (χ2n) is 13.0. The molecule has 6 N–H and O–H groups in total. The summed E-state index contributed by atoms with van der Waals surface area (Å²) in [6.45, 7) is 20.2. The Morgan fingerprint density at radius 3 is 2.08 bits per heavy atom. The van der Waals surface area contributed by atoms with Crippen molar-refractivity contribution in [2.24, 2.45) is 11.5 Å². The van der Waals surface area contributed by atoms with E-state index in [2.05, 4.69) is 84.7 Å². The molecule has 7 nitrogen and oxygen atoms in total. The highest BCUT2D eigenvalue weighted by atomic mass is 16.5. The van der Waals surface area contributed by atoms with Gasteiger partial charge in [-0.2, -0.15) is 0 Å². The fourth-order valence-electron chi connectivity index (χ4n) is 4.57. The van der Waals surface area contributed by atoms with Gasteiger partial charge in [-0.1, -0.05) is 68.4 Å². The standard InChI is InChI=1S/C29H48N4O3/c1-27(2,3)17-14-19(28(4,5)6)23-18(24(29(7,8)9)32-22(23)15-17)16-20(31)25(34)33-21(12-11-13-30)26(35)36-10/h14-15,20-21,32H,11-13,16,30-31H2,1-10H3,(H,33,34)/t20-,21-/m0/s1. The summed E-state index contributed by atoms with van der Waals surface area (Å²) < 4.78 is 4.87. The second-order valence-corrected chi connectivity index (χ2v) is 13.0. The van der Waals surface area contributed by atoms with E-state index in [-0.39, 0.29) is 22.2 Å². The van der Waals surface area contributed by atoms with Gasteiger partial charge < -0.3 is 26.5 Å². The Morgan fingerprint density at radius 1 is 1.00 bits per heavy atom. The van der Waals surface area contributed by atoms with Crippen LogP contribution in [0.15, 0.2) is 12.1 Å². The number of esters is 1. The topological polar surface area (TPSA) is 123 Å². The third-order valence-corrected chi connectivity index (χ3v) is 6.69. The van der Waals surface area contributed by atoms with Crippen LogP contribution in [0.25, 0.3) is 10.9 Å². The van der Waals surface area contributed by atoms with Gasteiger partial charge in [0.25, 0.3) is 0 Å². The zero-order chi connectivity index (χ0) is 27.6. The van der Waals surface area contributed by atoms with E-state index in [9.17, 15) is 9.59 Å². The lowest BCUT2D eigenvalue weighted by Gasteiger charge is -2.27. The number of methoxy groups -OCH3 is 1. The maximum absolute atomic E-state index is 13.1. The number of nitrogens with two attached hydrogens (primary N) is 2. The van der Waals surface area contributed by atoms with Gasteiger partial charge in [0, 0.05) is 22.0 Å². The highest BCUT2D eigenvalue weighted by Crippen LogP contribution is 2.40. The normalized spacial score (nSPS) is 14.6. The number of H-pyrrole nitrogens is 1. The quantitative estimate of drug-likeness (QED) is 0.402. The van der Waals surface area contributed by atoms with Crippen LogP contribution in [0.2, 0.25) is 0 Å². The van der Waals surface area contributed by atoms with Gasteiger partial charge in [-0.15, -0.1) is 0 Å². The SMILES string of the molecule is COC(=O)[C@H](CCCN)NC(=O)[C@@H](N)Cc1c(C(C)(C)C)[nH]c2cc(C(C)(C)C)cc(C(C)(C)C)c12. The number of carbonyl (C=O) groups is 2. The Morgan fingerprint density at radius 2 is 1.61 bits per heavy atom. The third kappa shape index (κ3) is 6.88. The monoisotopic (exact) mass is 500 g/mol. The maximum Gasteiger partial charge on any atom is 0.328 e. The van der Waals surface area contributed by atoms with E-state index >= 15 is 0 Å². The lowest BCUT2D eigenvalue weighted by atomic mass is 9.77. The molecule has 0 saturated carbocycles. The molecule has 0 fully saturated rings. The minimum atomic E-state index is -0.828. The Bertz CT molecular complexity index is 1080. The van der Waals surface area contributed by atoms with Crippen molar-refractivity contribution in [2.45, 2.75) is 110 Å². The summed E-state index contributed by atoms with van der Waals surface area (Å²) in [7, 11) is 1.31. The summed E-state index contributed by atoms with van der Waals surface area (Å²) in [5.74, 6) is -0.864. The number of benzene rings is 1. The van der Waals surface area contributed by atoms with Gasteiger partial charge in [-0.25, -0.2) is 4.79 Å². The molecule has 0 spiro atoms. The zero-order valence-electron chi connectivity index (χ0n) is 24.0. The predicted molar refractivity (Wildman–Crippen MR) is 148 cm³/mol. The van der Waals surface area contributed by atoms with E-state index in [4.69, 9.17) is 16.2 Å². The van der Waals surface area contributed by atoms with E-state index < -0.39 is 18.1 Å². The number of hydrogen-bond acceptors (Lipinski definition) is 5. The van der Waals surface area contributed by atoms with E-state index in [0.29, 0.717) is 25.8 Å². The summed E-state index contributed by atoms with van der Waals surface area (Å²) in [6, 6.07) is 2.94. The van der Waals surface area contributed by atoms with Gasteiger partial charge in [-0.3, -0.25) is 4.79 Å². The highest BCUT2D eigenvalue weighted by Gasteiger charge is 2.31. The van der Waals surface area contributed by atoms with Gasteiger partial charge in [0.15, 0.2) is 0 Å². The molecular weight excluding hydrogens is 452 g/mol. The molecule has 0 aliphatic rings. The van der Waals surface area contributed by atoms with Crippen molar-refractivity contribution in [1.29, 1.82) is 0 Å². The first-order valence-corrected chi connectivity index (χ1v) is 13.0. The van der Waals surface area contributed by atoms with Gasteiger partial charge in [-0.05, 0) is 59.4 Å². The van der Waals surface area contributed by atoms with E-state index in [1.807, 2.05) is 0 Å². The average molecular weight is 501 g/mol. The summed E-state index contributed by atoms with van der Waals surface area (Å²) in [4.78, 5) is 29.0.